The van der Waals surface area contributed by atoms with Crippen molar-refractivity contribution in [1.82, 2.24) is 10.6 Å². The Morgan fingerprint density at radius 2 is 1.78 bits per heavy atom. The van der Waals surface area contributed by atoms with Crippen LogP contribution in [-0.4, -0.2) is 40.3 Å². The molecule has 0 aliphatic heterocycles. The third-order valence-electron chi connectivity index (χ3n) is 2.64. The molecule has 0 saturated carbocycles. The van der Waals surface area contributed by atoms with Crippen molar-refractivity contribution in [1.29, 1.82) is 0 Å². The number of aryl methyl sites for hydroxylation is 1. The Morgan fingerprint density at radius 1 is 1.17 bits per heavy atom. The van der Waals surface area contributed by atoms with Crippen molar-refractivity contribution < 1.29 is 14.3 Å². The summed E-state index contributed by atoms with van der Waals surface area (Å²) < 4.78 is 10.4. The summed E-state index contributed by atoms with van der Waals surface area (Å²) >= 11 is 0. The van der Waals surface area contributed by atoms with E-state index in [1.54, 1.807) is 26.4 Å². The second-order valence-corrected chi connectivity index (χ2v) is 3.88. The van der Waals surface area contributed by atoms with Crippen LogP contribution in [0.1, 0.15) is 15.9 Å². The topological polar surface area (TPSA) is 59.6 Å². The smallest absolute Gasteiger partial charge is 0.251 e. The first-order chi connectivity index (χ1) is 8.63. The van der Waals surface area contributed by atoms with E-state index in [1.807, 2.05) is 14.0 Å². The average Bonchev–Trinajstić information content (AvgIpc) is 2.38. The lowest BCUT2D eigenvalue weighted by atomic mass is 10.1. The van der Waals surface area contributed by atoms with Gasteiger partial charge in [-0.05, 0) is 31.7 Å². The van der Waals surface area contributed by atoms with E-state index in [9.17, 15) is 4.79 Å². The first kappa shape index (κ1) is 14.3. The molecule has 2 N–H and O–H groups in total. The van der Waals surface area contributed by atoms with E-state index in [4.69, 9.17) is 9.47 Å². The van der Waals surface area contributed by atoms with Gasteiger partial charge in [-0.1, -0.05) is 0 Å². The molecule has 0 aromatic heterocycles. The van der Waals surface area contributed by atoms with Gasteiger partial charge in [0.15, 0.2) is 11.5 Å². The summed E-state index contributed by atoms with van der Waals surface area (Å²) in [6.45, 7) is 3.19. The number of amides is 1. The standard InChI is InChI=1S/C13H20N2O3/c1-9-7-11(17-3)12(18-4)8-10(9)13(16)15-6-5-14-2/h7-8,14H,5-6H2,1-4H3,(H,15,16). The van der Waals surface area contributed by atoms with Crippen molar-refractivity contribution >= 4 is 5.91 Å². The van der Waals surface area contributed by atoms with Gasteiger partial charge in [-0.2, -0.15) is 0 Å². The molecule has 0 aliphatic rings. The lowest BCUT2D eigenvalue weighted by molar-refractivity contribution is 0.0953. The monoisotopic (exact) mass is 252 g/mol. The largest absolute Gasteiger partial charge is 0.493 e. The van der Waals surface area contributed by atoms with E-state index >= 15 is 0 Å². The Hall–Kier alpha value is -1.75. The van der Waals surface area contributed by atoms with Gasteiger partial charge in [0.25, 0.3) is 5.91 Å². The molecule has 18 heavy (non-hydrogen) atoms. The van der Waals surface area contributed by atoms with Crippen LogP contribution in [0.4, 0.5) is 0 Å². The van der Waals surface area contributed by atoms with Crippen molar-refractivity contribution in [2.24, 2.45) is 0 Å². The van der Waals surface area contributed by atoms with Crippen LogP contribution >= 0.6 is 0 Å². The number of methoxy groups -OCH3 is 2. The molecule has 0 radical (unpaired) electrons. The second-order valence-electron chi connectivity index (χ2n) is 3.88. The number of ether oxygens (including phenoxy) is 2. The van der Waals surface area contributed by atoms with Crippen LogP contribution < -0.4 is 20.1 Å². The summed E-state index contributed by atoms with van der Waals surface area (Å²) in [5.41, 5.74) is 1.46. The van der Waals surface area contributed by atoms with Crippen molar-refractivity contribution in [2.45, 2.75) is 6.92 Å². The maximum Gasteiger partial charge on any atom is 0.251 e. The van der Waals surface area contributed by atoms with Crippen LogP contribution in [0.5, 0.6) is 11.5 Å². The molecule has 1 aromatic carbocycles. The molecule has 100 valence electrons. The summed E-state index contributed by atoms with van der Waals surface area (Å²) in [5, 5.41) is 5.80. The van der Waals surface area contributed by atoms with Gasteiger partial charge in [0.05, 0.1) is 14.2 Å². The third kappa shape index (κ3) is 3.37. The molecule has 0 fully saturated rings. The molecule has 5 heteroatoms. The first-order valence-electron chi connectivity index (χ1n) is 5.79. The number of benzene rings is 1. The summed E-state index contributed by atoms with van der Waals surface area (Å²) in [5.74, 6) is 1.08. The minimum absolute atomic E-state index is 0.108. The Balaban J connectivity index is 2.91. The predicted molar refractivity (Wildman–Crippen MR) is 70.5 cm³/mol. The lowest BCUT2D eigenvalue weighted by Gasteiger charge is -2.12. The molecule has 0 spiro atoms. The predicted octanol–water partition coefficient (Wildman–Crippen LogP) is 0.961. The van der Waals surface area contributed by atoms with Crippen LogP contribution in [0.3, 0.4) is 0 Å². The van der Waals surface area contributed by atoms with Crippen molar-refractivity contribution in [3.63, 3.8) is 0 Å². The van der Waals surface area contributed by atoms with Gasteiger partial charge in [-0.15, -0.1) is 0 Å². The molecule has 0 atom stereocenters. The summed E-state index contributed by atoms with van der Waals surface area (Å²) in [6.07, 6.45) is 0. The highest BCUT2D eigenvalue weighted by Gasteiger charge is 2.13. The number of likely N-dealkylation sites (N-methyl/N-ethyl adjacent to an activating group) is 1. The molecule has 0 bridgehead atoms. The van der Waals surface area contributed by atoms with Crippen LogP contribution in [0.15, 0.2) is 12.1 Å². The second kappa shape index (κ2) is 6.86. The number of hydrogen-bond acceptors (Lipinski definition) is 4. The maximum absolute atomic E-state index is 12.0. The Morgan fingerprint density at radius 3 is 2.33 bits per heavy atom. The Kier molecular flexibility index (Phi) is 5.45. The zero-order valence-corrected chi connectivity index (χ0v) is 11.3. The van der Waals surface area contributed by atoms with Gasteiger partial charge in [-0.25, -0.2) is 0 Å². The molecule has 0 heterocycles. The normalized spacial score (nSPS) is 10.0. The first-order valence-corrected chi connectivity index (χ1v) is 5.79. The summed E-state index contributed by atoms with van der Waals surface area (Å²) in [6, 6.07) is 3.49. The highest BCUT2D eigenvalue weighted by Crippen LogP contribution is 2.30. The van der Waals surface area contributed by atoms with E-state index in [2.05, 4.69) is 10.6 Å². The van der Waals surface area contributed by atoms with Gasteiger partial charge in [0, 0.05) is 18.7 Å². The number of carbonyl (C=O) groups is 1. The van der Waals surface area contributed by atoms with Gasteiger partial charge in [-0.3, -0.25) is 4.79 Å². The summed E-state index contributed by atoms with van der Waals surface area (Å²) in [4.78, 5) is 12.0. The van der Waals surface area contributed by atoms with E-state index in [-0.39, 0.29) is 5.91 Å². The number of rotatable bonds is 6. The van der Waals surface area contributed by atoms with Gasteiger partial charge < -0.3 is 20.1 Å². The fourth-order valence-electron chi connectivity index (χ4n) is 1.62. The zero-order chi connectivity index (χ0) is 13.5. The van der Waals surface area contributed by atoms with Crippen molar-refractivity contribution in [3.05, 3.63) is 23.3 Å². The molecule has 1 amide bonds. The SMILES string of the molecule is CNCCNC(=O)c1cc(OC)c(OC)cc1C. The van der Waals surface area contributed by atoms with Crippen LogP contribution in [0, 0.1) is 6.92 Å². The minimum atomic E-state index is -0.108. The van der Waals surface area contributed by atoms with Gasteiger partial charge in [0.1, 0.15) is 0 Å². The van der Waals surface area contributed by atoms with E-state index in [1.165, 1.54) is 0 Å². The number of nitrogens with one attached hydrogen (secondary N) is 2. The maximum atomic E-state index is 12.0. The number of carbonyl (C=O) groups excluding carboxylic acids is 1. The molecule has 5 nitrogen and oxygen atoms in total. The molecular formula is C13H20N2O3. The minimum Gasteiger partial charge on any atom is -0.493 e. The molecule has 1 rings (SSSR count). The Bertz CT molecular complexity index is 419. The van der Waals surface area contributed by atoms with E-state index in [0.29, 0.717) is 23.6 Å². The van der Waals surface area contributed by atoms with Gasteiger partial charge in [0.2, 0.25) is 0 Å². The van der Waals surface area contributed by atoms with Crippen LogP contribution in [0.25, 0.3) is 0 Å². The highest BCUT2D eigenvalue weighted by molar-refractivity contribution is 5.96. The average molecular weight is 252 g/mol. The number of hydrogen-bond donors (Lipinski definition) is 2. The quantitative estimate of drug-likeness (QED) is 0.740. The van der Waals surface area contributed by atoms with Crippen LogP contribution in [-0.2, 0) is 0 Å². The third-order valence-corrected chi connectivity index (χ3v) is 2.64. The zero-order valence-electron chi connectivity index (χ0n) is 11.3. The fraction of sp³-hybridized carbons (Fsp3) is 0.462. The molecule has 0 unspecified atom stereocenters. The summed E-state index contributed by atoms with van der Waals surface area (Å²) in [7, 11) is 4.97. The van der Waals surface area contributed by atoms with Crippen molar-refractivity contribution in [3.8, 4) is 11.5 Å². The molecule has 0 aliphatic carbocycles. The molecular weight excluding hydrogens is 232 g/mol. The van der Waals surface area contributed by atoms with E-state index < -0.39 is 0 Å². The fourth-order valence-corrected chi connectivity index (χ4v) is 1.62. The van der Waals surface area contributed by atoms with Gasteiger partial charge >= 0.3 is 0 Å². The Labute approximate surface area is 107 Å². The van der Waals surface area contributed by atoms with E-state index in [0.717, 1.165) is 12.1 Å². The van der Waals surface area contributed by atoms with Crippen LogP contribution in [0.2, 0.25) is 0 Å². The molecule has 0 saturated heterocycles. The highest BCUT2D eigenvalue weighted by atomic mass is 16.5. The molecule has 1 aromatic rings. The lowest BCUT2D eigenvalue weighted by Crippen LogP contribution is -2.30. The van der Waals surface area contributed by atoms with Crippen molar-refractivity contribution in [2.75, 3.05) is 34.4 Å².